The van der Waals surface area contributed by atoms with Gasteiger partial charge in [0.25, 0.3) is 5.91 Å². The standard InChI is InChI=1S/C12H7Cl2F2N3O2/c1-5(20)19-11(14)9(16)10(18-19)12(21)17-8-3-2-6(15)4-7(8)13/h2-4H,1H3,(H,17,21). The van der Waals surface area contributed by atoms with E-state index in [4.69, 9.17) is 23.2 Å². The minimum atomic E-state index is -1.14. The average molecular weight is 334 g/mol. The molecule has 110 valence electrons. The highest BCUT2D eigenvalue weighted by Crippen LogP contribution is 2.24. The maximum atomic E-state index is 13.8. The Labute approximate surface area is 127 Å². The number of carbonyl (C=O) groups excluding carboxylic acids is 2. The highest BCUT2D eigenvalue weighted by molar-refractivity contribution is 6.34. The Balaban J connectivity index is 2.33. The topological polar surface area (TPSA) is 64.0 Å². The number of benzene rings is 1. The molecule has 0 fully saturated rings. The molecular weight excluding hydrogens is 327 g/mol. The highest BCUT2D eigenvalue weighted by Gasteiger charge is 2.24. The van der Waals surface area contributed by atoms with Gasteiger partial charge in [-0.1, -0.05) is 23.2 Å². The normalized spacial score (nSPS) is 10.5. The van der Waals surface area contributed by atoms with E-state index >= 15 is 0 Å². The minimum absolute atomic E-state index is 0.0657. The Morgan fingerprint density at radius 1 is 1.29 bits per heavy atom. The molecular formula is C12H7Cl2F2N3O2. The van der Waals surface area contributed by atoms with Gasteiger partial charge in [0.2, 0.25) is 5.91 Å². The Kier molecular flexibility index (Phi) is 4.24. The Hall–Kier alpha value is -1.99. The lowest BCUT2D eigenvalue weighted by Crippen LogP contribution is -2.16. The zero-order chi connectivity index (χ0) is 15.7. The largest absolute Gasteiger partial charge is 0.319 e. The lowest BCUT2D eigenvalue weighted by molar-refractivity contribution is 0.0920. The molecule has 21 heavy (non-hydrogen) atoms. The van der Waals surface area contributed by atoms with Crippen LogP contribution in [0.5, 0.6) is 0 Å². The van der Waals surface area contributed by atoms with E-state index in [-0.39, 0.29) is 10.7 Å². The number of nitrogens with zero attached hydrogens (tertiary/aromatic N) is 2. The molecule has 0 saturated carbocycles. The van der Waals surface area contributed by atoms with Gasteiger partial charge in [0.15, 0.2) is 16.7 Å². The SMILES string of the molecule is CC(=O)n1nc(C(=O)Nc2ccc(F)cc2Cl)c(F)c1Cl. The molecule has 0 unspecified atom stereocenters. The van der Waals surface area contributed by atoms with E-state index < -0.39 is 34.3 Å². The van der Waals surface area contributed by atoms with E-state index in [1.807, 2.05) is 0 Å². The summed E-state index contributed by atoms with van der Waals surface area (Å²) in [6.07, 6.45) is 0. The molecule has 1 heterocycles. The van der Waals surface area contributed by atoms with E-state index in [9.17, 15) is 18.4 Å². The van der Waals surface area contributed by atoms with Gasteiger partial charge in [-0.25, -0.2) is 8.78 Å². The van der Waals surface area contributed by atoms with Crippen molar-refractivity contribution in [2.75, 3.05) is 5.32 Å². The molecule has 0 aliphatic rings. The van der Waals surface area contributed by atoms with Crippen molar-refractivity contribution in [1.82, 2.24) is 9.78 Å². The third-order valence-electron chi connectivity index (χ3n) is 2.47. The van der Waals surface area contributed by atoms with Gasteiger partial charge in [-0.15, -0.1) is 0 Å². The molecule has 2 rings (SSSR count). The van der Waals surface area contributed by atoms with Crippen molar-refractivity contribution in [2.45, 2.75) is 6.92 Å². The maximum absolute atomic E-state index is 13.8. The molecule has 0 aliphatic heterocycles. The summed E-state index contributed by atoms with van der Waals surface area (Å²) in [5.41, 5.74) is -0.605. The molecule has 0 spiro atoms. The van der Waals surface area contributed by atoms with E-state index in [1.165, 1.54) is 6.07 Å². The third kappa shape index (κ3) is 3.03. The zero-order valence-electron chi connectivity index (χ0n) is 10.5. The first kappa shape index (κ1) is 15.4. The van der Waals surface area contributed by atoms with Crippen LogP contribution >= 0.6 is 23.2 Å². The molecule has 1 aromatic carbocycles. The van der Waals surface area contributed by atoms with Crippen LogP contribution < -0.4 is 5.32 Å². The van der Waals surface area contributed by atoms with Crippen molar-refractivity contribution in [3.8, 4) is 0 Å². The molecule has 0 saturated heterocycles. The summed E-state index contributed by atoms with van der Waals surface area (Å²) in [5.74, 6) is -3.35. The number of rotatable bonds is 2. The molecule has 0 aliphatic carbocycles. The van der Waals surface area contributed by atoms with Crippen LogP contribution in [0.4, 0.5) is 14.5 Å². The number of aromatic nitrogens is 2. The zero-order valence-corrected chi connectivity index (χ0v) is 12.0. The van der Waals surface area contributed by atoms with Crippen LogP contribution in [0.25, 0.3) is 0 Å². The van der Waals surface area contributed by atoms with Crippen molar-refractivity contribution < 1.29 is 18.4 Å². The lowest BCUT2D eigenvalue weighted by atomic mass is 10.3. The van der Waals surface area contributed by atoms with Crippen LogP contribution in [0.15, 0.2) is 18.2 Å². The summed E-state index contributed by atoms with van der Waals surface area (Å²) >= 11 is 11.3. The molecule has 1 amide bonds. The van der Waals surface area contributed by atoms with Crippen LogP contribution in [0.2, 0.25) is 10.2 Å². The fraction of sp³-hybridized carbons (Fsp3) is 0.0833. The number of anilines is 1. The Morgan fingerprint density at radius 3 is 2.48 bits per heavy atom. The number of halogens is 4. The third-order valence-corrected chi connectivity index (χ3v) is 3.11. The summed E-state index contributed by atoms with van der Waals surface area (Å²) in [4.78, 5) is 23.1. The van der Waals surface area contributed by atoms with Crippen molar-refractivity contribution in [1.29, 1.82) is 0 Å². The summed E-state index contributed by atoms with van der Waals surface area (Å²) < 4.78 is 27.2. The smallest absolute Gasteiger partial charge is 0.279 e. The minimum Gasteiger partial charge on any atom is -0.319 e. The summed E-state index contributed by atoms with van der Waals surface area (Å²) in [6, 6.07) is 3.25. The van der Waals surface area contributed by atoms with E-state index in [0.29, 0.717) is 4.68 Å². The fourth-order valence-electron chi connectivity index (χ4n) is 1.50. The highest BCUT2D eigenvalue weighted by atomic mass is 35.5. The van der Waals surface area contributed by atoms with Gasteiger partial charge in [0, 0.05) is 6.92 Å². The van der Waals surface area contributed by atoms with Gasteiger partial charge in [-0.3, -0.25) is 9.59 Å². The summed E-state index contributed by atoms with van der Waals surface area (Å²) in [7, 11) is 0. The average Bonchev–Trinajstić information content (AvgIpc) is 2.70. The van der Waals surface area contributed by atoms with Crippen molar-refractivity contribution in [3.63, 3.8) is 0 Å². The second-order valence-electron chi connectivity index (χ2n) is 3.96. The van der Waals surface area contributed by atoms with Gasteiger partial charge in [0.1, 0.15) is 5.82 Å². The molecule has 0 bridgehead atoms. The second-order valence-corrected chi connectivity index (χ2v) is 4.73. The molecule has 9 heteroatoms. The monoisotopic (exact) mass is 333 g/mol. The quantitative estimate of drug-likeness (QED) is 0.916. The molecule has 2 aromatic rings. The molecule has 5 nitrogen and oxygen atoms in total. The Morgan fingerprint density at radius 2 is 1.95 bits per heavy atom. The maximum Gasteiger partial charge on any atom is 0.279 e. The van der Waals surface area contributed by atoms with E-state index in [0.717, 1.165) is 19.1 Å². The predicted octanol–water partition coefficient (Wildman–Crippen LogP) is 3.38. The Bertz CT molecular complexity index is 746. The fourth-order valence-corrected chi connectivity index (χ4v) is 1.97. The molecule has 0 radical (unpaired) electrons. The number of amides is 1. The number of hydrogen-bond donors (Lipinski definition) is 1. The van der Waals surface area contributed by atoms with Crippen molar-refractivity contribution in [2.24, 2.45) is 0 Å². The number of carbonyl (C=O) groups is 2. The van der Waals surface area contributed by atoms with Gasteiger partial charge < -0.3 is 5.32 Å². The molecule has 0 atom stereocenters. The van der Waals surface area contributed by atoms with Gasteiger partial charge in [-0.05, 0) is 18.2 Å². The van der Waals surface area contributed by atoms with Crippen molar-refractivity contribution >= 4 is 40.7 Å². The molecule has 1 N–H and O–H groups in total. The van der Waals surface area contributed by atoms with Crippen molar-refractivity contribution in [3.05, 3.63) is 45.7 Å². The first-order valence-electron chi connectivity index (χ1n) is 5.52. The van der Waals surface area contributed by atoms with Crippen LogP contribution in [0.3, 0.4) is 0 Å². The first-order chi connectivity index (χ1) is 9.81. The van der Waals surface area contributed by atoms with Crippen LogP contribution in [0, 0.1) is 11.6 Å². The summed E-state index contributed by atoms with van der Waals surface area (Å²) in [6.45, 7) is 1.11. The van der Waals surface area contributed by atoms with E-state index in [1.54, 1.807) is 0 Å². The van der Waals surface area contributed by atoms with Gasteiger partial charge in [0.05, 0.1) is 10.7 Å². The lowest BCUT2D eigenvalue weighted by Gasteiger charge is -2.05. The van der Waals surface area contributed by atoms with Crippen LogP contribution in [-0.4, -0.2) is 21.6 Å². The second kappa shape index (κ2) is 5.79. The van der Waals surface area contributed by atoms with Crippen LogP contribution in [0.1, 0.15) is 22.2 Å². The number of hydrogen-bond acceptors (Lipinski definition) is 3. The first-order valence-corrected chi connectivity index (χ1v) is 6.28. The number of nitrogens with one attached hydrogen (secondary N) is 1. The van der Waals surface area contributed by atoms with Gasteiger partial charge in [-0.2, -0.15) is 9.78 Å². The van der Waals surface area contributed by atoms with Crippen LogP contribution in [-0.2, 0) is 0 Å². The van der Waals surface area contributed by atoms with Gasteiger partial charge >= 0.3 is 0 Å². The van der Waals surface area contributed by atoms with E-state index in [2.05, 4.69) is 10.4 Å². The summed E-state index contributed by atoms with van der Waals surface area (Å²) in [5, 5.41) is 5.07. The predicted molar refractivity (Wildman–Crippen MR) is 72.9 cm³/mol. The molecule has 1 aromatic heterocycles.